The van der Waals surface area contributed by atoms with Crippen LogP contribution in [0.3, 0.4) is 0 Å². The minimum Gasteiger partial charge on any atom is -0.497 e. The summed E-state index contributed by atoms with van der Waals surface area (Å²) in [6.07, 6.45) is 2.34. The molecule has 1 amide bonds. The molecule has 28 heavy (non-hydrogen) atoms. The van der Waals surface area contributed by atoms with Crippen LogP contribution in [0.1, 0.15) is 30.1 Å². The lowest BCUT2D eigenvalue weighted by atomic mass is 9.96. The van der Waals surface area contributed by atoms with E-state index in [1.807, 2.05) is 47.4 Å². The normalized spacial score (nSPS) is 16.9. The second kappa shape index (κ2) is 7.92. The molecule has 6 nitrogen and oxygen atoms in total. The molecule has 2 aromatic carbocycles. The van der Waals surface area contributed by atoms with Gasteiger partial charge in [-0.1, -0.05) is 18.2 Å². The number of nitrogens with zero attached hydrogens (tertiary/aromatic N) is 2. The van der Waals surface area contributed by atoms with Crippen LogP contribution in [0.15, 0.2) is 42.5 Å². The molecule has 1 fully saturated rings. The predicted octanol–water partition coefficient (Wildman–Crippen LogP) is 3.53. The first-order valence-corrected chi connectivity index (χ1v) is 9.61. The zero-order valence-corrected chi connectivity index (χ0v) is 16.3. The minimum atomic E-state index is 0.115. The number of imidazole rings is 1. The number of nitrogens with one attached hydrogen (secondary N) is 1. The summed E-state index contributed by atoms with van der Waals surface area (Å²) in [4.78, 5) is 23.1. The number of piperidine rings is 1. The van der Waals surface area contributed by atoms with Gasteiger partial charge >= 0.3 is 0 Å². The molecule has 6 heteroatoms. The van der Waals surface area contributed by atoms with Crippen molar-refractivity contribution >= 4 is 16.9 Å². The van der Waals surface area contributed by atoms with Gasteiger partial charge in [-0.3, -0.25) is 4.79 Å². The molecule has 2 heterocycles. The molecule has 1 atom stereocenters. The number of hydrogen-bond acceptors (Lipinski definition) is 4. The Morgan fingerprint density at radius 1 is 1.21 bits per heavy atom. The van der Waals surface area contributed by atoms with Crippen LogP contribution in [-0.2, 0) is 11.2 Å². The fraction of sp³-hybridized carbons (Fsp3) is 0.364. The number of carbonyl (C=O) groups is 1. The molecule has 3 aromatic rings. The molecule has 1 aliphatic heterocycles. The number of fused-ring (bicyclic) bond motifs is 1. The van der Waals surface area contributed by atoms with E-state index in [9.17, 15) is 4.79 Å². The van der Waals surface area contributed by atoms with E-state index in [0.29, 0.717) is 18.7 Å². The van der Waals surface area contributed by atoms with Crippen molar-refractivity contribution in [3.05, 3.63) is 53.9 Å². The lowest BCUT2D eigenvalue weighted by Gasteiger charge is -2.32. The average molecular weight is 379 g/mol. The van der Waals surface area contributed by atoms with Gasteiger partial charge in [0.05, 0.1) is 31.7 Å². The van der Waals surface area contributed by atoms with Crippen molar-refractivity contribution in [1.82, 2.24) is 14.9 Å². The van der Waals surface area contributed by atoms with Crippen molar-refractivity contribution in [2.45, 2.75) is 25.2 Å². The topological polar surface area (TPSA) is 67.5 Å². The number of aromatic amines is 1. The molecule has 1 unspecified atom stereocenters. The summed E-state index contributed by atoms with van der Waals surface area (Å²) in [5.74, 6) is 2.72. The minimum absolute atomic E-state index is 0.115. The summed E-state index contributed by atoms with van der Waals surface area (Å²) in [5.41, 5.74) is 2.90. The standard InChI is InChI=1S/C22H25N3O3/c1-27-17-10-9-15(20(13-17)28-2)12-21(26)25-11-5-6-16(14-25)22-23-18-7-3-4-8-19(18)24-22/h3-4,7-10,13,16H,5-6,11-12,14H2,1-2H3,(H,23,24). The number of rotatable bonds is 5. The maximum atomic E-state index is 12.9. The van der Waals surface area contributed by atoms with Crippen LogP contribution < -0.4 is 9.47 Å². The largest absolute Gasteiger partial charge is 0.497 e. The van der Waals surface area contributed by atoms with Crippen molar-refractivity contribution in [1.29, 1.82) is 0 Å². The molecular weight excluding hydrogens is 354 g/mol. The summed E-state index contributed by atoms with van der Waals surface area (Å²) in [6.45, 7) is 1.48. The molecular formula is C22H25N3O3. The van der Waals surface area contributed by atoms with Crippen LogP contribution in [0.2, 0.25) is 0 Å². The third-order valence-electron chi connectivity index (χ3n) is 5.40. The molecule has 0 bridgehead atoms. The number of carbonyl (C=O) groups excluding carboxylic acids is 1. The van der Waals surface area contributed by atoms with Gasteiger partial charge in [0.1, 0.15) is 17.3 Å². The first-order valence-electron chi connectivity index (χ1n) is 9.61. The molecule has 0 spiro atoms. The van der Waals surface area contributed by atoms with Gasteiger partial charge in [0, 0.05) is 30.6 Å². The van der Waals surface area contributed by atoms with Crippen LogP contribution in [0, 0.1) is 0 Å². The number of hydrogen-bond donors (Lipinski definition) is 1. The van der Waals surface area contributed by atoms with E-state index in [1.165, 1.54) is 0 Å². The summed E-state index contributed by atoms with van der Waals surface area (Å²) in [5, 5.41) is 0. The third kappa shape index (κ3) is 3.67. The second-order valence-electron chi connectivity index (χ2n) is 7.17. The van der Waals surface area contributed by atoms with Crippen molar-refractivity contribution in [3.63, 3.8) is 0 Å². The molecule has 0 radical (unpaired) electrons. The molecule has 1 aromatic heterocycles. The van der Waals surface area contributed by atoms with Gasteiger partial charge in [0.15, 0.2) is 0 Å². The van der Waals surface area contributed by atoms with E-state index in [-0.39, 0.29) is 11.8 Å². The highest BCUT2D eigenvalue weighted by molar-refractivity contribution is 5.80. The van der Waals surface area contributed by atoms with Crippen LogP contribution in [-0.4, -0.2) is 48.1 Å². The Kier molecular flexibility index (Phi) is 5.19. The number of benzene rings is 2. The van der Waals surface area contributed by atoms with E-state index in [0.717, 1.165) is 47.6 Å². The maximum absolute atomic E-state index is 12.9. The van der Waals surface area contributed by atoms with Gasteiger partial charge in [-0.2, -0.15) is 0 Å². The Bertz CT molecular complexity index is 949. The number of ether oxygens (including phenoxy) is 2. The van der Waals surface area contributed by atoms with E-state index in [4.69, 9.17) is 14.5 Å². The zero-order valence-electron chi connectivity index (χ0n) is 16.3. The van der Waals surface area contributed by atoms with Crippen molar-refractivity contribution in [3.8, 4) is 11.5 Å². The summed E-state index contributed by atoms with van der Waals surface area (Å²) in [7, 11) is 3.23. The number of para-hydroxylation sites is 2. The molecule has 1 aliphatic rings. The smallest absolute Gasteiger partial charge is 0.227 e. The molecule has 0 saturated carbocycles. The van der Waals surface area contributed by atoms with Gasteiger partial charge in [-0.25, -0.2) is 4.98 Å². The van der Waals surface area contributed by atoms with E-state index in [2.05, 4.69) is 4.98 Å². The third-order valence-corrected chi connectivity index (χ3v) is 5.40. The van der Waals surface area contributed by atoms with Crippen molar-refractivity contribution in [2.24, 2.45) is 0 Å². The average Bonchev–Trinajstić information content (AvgIpc) is 3.18. The van der Waals surface area contributed by atoms with Crippen molar-refractivity contribution in [2.75, 3.05) is 27.3 Å². The van der Waals surface area contributed by atoms with Crippen LogP contribution in [0.25, 0.3) is 11.0 Å². The fourth-order valence-corrected chi connectivity index (χ4v) is 3.87. The van der Waals surface area contributed by atoms with E-state index in [1.54, 1.807) is 14.2 Å². The number of likely N-dealkylation sites (tertiary alicyclic amines) is 1. The van der Waals surface area contributed by atoms with Gasteiger partial charge in [-0.05, 0) is 31.0 Å². The number of H-pyrrole nitrogens is 1. The van der Waals surface area contributed by atoms with Crippen LogP contribution in [0.5, 0.6) is 11.5 Å². The van der Waals surface area contributed by atoms with Gasteiger partial charge in [0.25, 0.3) is 0 Å². The fourth-order valence-electron chi connectivity index (χ4n) is 3.87. The van der Waals surface area contributed by atoms with E-state index >= 15 is 0 Å². The van der Waals surface area contributed by atoms with Gasteiger partial charge in [0.2, 0.25) is 5.91 Å². The number of amides is 1. The Balaban J connectivity index is 1.47. The van der Waals surface area contributed by atoms with Crippen LogP contribution >= 0.6 is 0 Å². The Labute approximate surface area is 164 Å². The molecule has 1 saturated heterocycles. The highest BCUT2D eigenvalue weighted by Crippen LogP contribution is 2.29. The number of aromatic nitrogens is 2. The first-order chi connectivity index (χ1) is 13.7. The molecule has 1 N–H and O–H groups in total. The Morgan fingerprint density at radius 3 is 2.86 bits per heavy atom. The van der Waals surface area contributed by atoms with Gasteiger partial charge in [-0.15, -0.1) is 0 Å². The first kappa shape index (κ1) is 18.3. The van der Waals surface area contributed by atoms with Crippen molar-refractivity contribution < 1.29 is 14.3 Å². The lowest BCUT2D eigenvalue weighted by Crippen LogP contribution is -2.40. The van der Waals surface area contributed by atoms with E-state index < -0.39 is 0 Å². The molecule has 0 aliphatic carbocycles. The highest BCUT2D eigenvalue weighted by atomic mass is 16.5. The predicted molar refractivity (Wildman–Crippen MR) is 108 cm³/mol. The molecule has 4 rings (SSSR count). The van der Waals surface area contributed by atoms with Gasteiger partial charge < -0.3 is 19.4 Å². The monoisotopic (exact) mass is 379 g/mol. The summed E-state index contributed by atoms with van der Waals surface area (Å²) < 4.78 is 10.7. The quantitative estimate of drug-likeness (QED) is 0.736. The SMILES string of the molecule is COc1ccc(CC(=O)N2CCCC(c3nc4ccccc4[nH]3)C2)c(OC)c1. The molecule has 146 valence electrons. The summed E-state index contributed by atoms with van der Waals surface area (Å²) in [6, 6.07) is 13.6. The lowest BCUT2D eigenvalue weighted by molar-refractivity contribution is -0.131. The summed E-state index contributed by atoms with van der Waals surface area (Å²) >= 11 is 0. The Hall–Kier alpha value is -3.02. The highest BCUT2D eigenvalue weighted by Gasteiger charge is 2.27. The Morgan fingerprint density at radius 2 is 2.07 bits per heavy atom. The second-order valence-corrected chi connectivity index (χ2v) is 7.17. The van der Waals surface area contributed by atoms with Crippen LogP contribution in [0.4, 0.5) is 0 Å². The number of methoxy groups -OCH3 is 2. The maximum Gasteiger partial charge on any atom is 0.227 e. The zero-order chi connectivity index (χ0) is 19.5.